The lowest BCUT2D eigenvalue weighted by atomic mass is 9.85. The number of carbonyl (C=O) groups is 2. The molecule has 1 heterocycles. The Labute approximate surface area is 159 Å². The Morgan fingerprint density at radius 3 is 2.81 bits per heavy atom. The first-order valence-corrected chi connectivity index (χ1v) is 10.9. The number of hydrogen-bond donors (Lipinski definition) is 4. The number of urea groups is 1. The summed E-state index contributed by atoms with van der Waals surface area (Å²) in [7, 11) is 0. The van der Waals surface area contributed by atoms with Gasteiger partial charge in [0.15, 0.2) is 0 Å². The molecule has 26 heavy (non-hydrogen) atoms. The summed E-state index contributed by atoms with van der Waals surface area (Å²) in [4.78, 5) is 22.8. The summed E-state index contributed by atoms with van der Waals surface area (Å²) in [5.41, 5.74) is 3.19. The van der Waals surface area contributed by atoms with Gasteiger partial charge in [-0.2, -0.15) is 11.8 Å². The lowest BCUT2D eigenvalue weighted by molar-refractivity contribution is -0.137. The third-order valence-electron chi connectivity index (χ3n) is 5.90. The van der Waals surface area contributed by atoms with E-state index in [0.29, 0.717) is 24.1 Å². The monoisotopic (exact) mass is 385 g/mol. The zero-order chi connectivity index (χ0) is 18.5. The second kappa shape index (κ2) is 9.28. The fourth-order valence-corrected chi connectivity index (χ4v) is 5.79. The Bertz CT molecular complexity index is 501. The molecule has 3 fully saturated rings. The molecule has 7 nitrogen and oxygen atoms in total. The molecule has 0 spiro atoms. The second-order valence-electron chi connectivity index (χ2n) is 7.78. The number of rotatable bonds is 9. The number of carboxylic acids is 1. The Hall–Kier alpha value is -0.990. The minimum atomic E-state index is -0.743. The number of nitrogens with one attached hydrogen (secondary N) is 2. The van der Waals surface area contributed by atoms with Gasteiger partial charge < -0.3 is 15.5 Å². The van der Waals surface area contributed by atoms with Crippen molar-refractivity contribution in [2.24, 2.45) is 5.92 Å². The maximum atomic E-state index is 12.2. The average Bonchev–Trinajstić information content (AvgIpc) is 3.14. The van der Waals surface area contributed by atoms with Crippen LogP contribution in [-0.4, -0.2) is 63.0 Å². The van der Waals surface area contributed by atoms with Gasteiger partial charge >= 0.3 is 12.0 Å². The van der Waals surface area contributed by atoms with Crippen molar-refractivity contribution in [3.63, 3.8) is 0 Å². The van der Waals surface area contributed by atoms with E-state index in [1.807, 2.05) is 11.8 Å². The van der Waals surface area contributed by atoms with Crippen LogP contribution in [0.1, 0.15) is 57.8 Å². The predicted molar refractivity (Wildman–Crippen MR) is 101 cm³/mol. The molecule has 4 unspecified atom stereocenters. The molecular formula is C18H31N3O4S. The Kier molecular flexibility index (Phi) is 7.05. The van der Waals surface area contributed by atoms with Gasteiger partial charge in [-0.15, -0.1) is 0 Å². The largest absolute Gasteiger partial charge is 0.481 e. The normalized spacial score (nSPS) is 30.3. The van der Waals surface area contributed by atoms with Crippen LogP contribution in [-0.2, 0) is 4.79 Å². The van der Waals surface area contributed by atoms with E-state index in [-0.39, 0.29) is 24.5 Å². The molecule has 0 bridgehead atoms. The summed E-state index contributed by atoms with van der Waals surface area (Å²) in [5, 5.41) is 24.3. The second-order valence-corrected chi connectivity index (χ2v) is 9.19. The van der Waals surface area contributed by atoms with E-state index in [2.05, 4.69) is 10.7 Å². The smallest absolute Gasteiger partial charge is 0.332 e. The van der Waals surface area contributed by atoms with Crippen molar-refractivity contribution in [1.29, 1.82) is 0 Å². The molecule has 1 aliphatic heterocycles. The number of hydrogen-bond acceptors (Lipinski definition) is 5. The number of amides is 2. The zero-order valence-electron chi connectivity index (χ0n) is 15.2. The molecule has 0 radical (unpaired) electrons. The van der Waals surface area contributed by atoms with Crippen LogP contribution in [0.5, 0.6) is 0 Å². The van der Waals surface area contributed by atoms with Gasteiger partial charge in [0.25, 0.3) is 0 Å². The van der Waals surface area contributed by atoms with Crippen molar-refractivity contribution >= 4 is 23.8 Å². The van der Waals surface area contributed by atoms with Crippen LogP contribution in [0, 0.1) is 5.92 Å². The third-order valence-corrected chi connectivity index (χ3v) is 7.28. The first-order valence-electron chi connectivity index (χ1n) is 9.89. The molecule has 3 rings (SSSR count). The number of aliphatic carboxylic acids is 1. The number of carbonyl (C=O) groups excluding carboxylic acids is 1. The SMILES string of the molecule is O=C(O)CCCSC1CC2NC(=O)N(NCC(O)C3CCCCC3)C2C1. The molecule has 4 atom stereocenters. The highest BCUT2D eigenvalue weighted by Gasteiger charge is 2.46. The van der Waals surface area contributed by atoms with Crippen LogP contribution in [0.4, 0.5) is 4.79 Å². The lowest BCUT2D eigenvalue weighted by Crippen LogP contribution is -2.49. The molecule has 148 valence electrons. The summed E-state index contributed by atoms with van der Waals surface area (Å²) in [6.07, 6.45) is 8.15. The van der Waals surface area contributed by atoms with Gasteiger partial charge in [0.05, 0.1) is 18.2 Å². The maximum absolute atomic E-state index is 12.2. The van der Waals surface area contributed by atoms with Crippen molar-refractivity contribution in [3.05, 3.63) is 0 Å². The standard InChI is InChI=1S/C18H31N3O4S/c22-16(12-5-2-1-3-6-12)11-19-21-15-10-13(9-14(15)20-18(21)25)26-8-4-7-17(23)24/h12-16,19,22H,1-11H2,(H,20,25)(H,23,24). The molecule has 2 amide bonds. The fourth-order valence-electron chi connectivity index (χ4n) is 4.47. The summed E-state index contributed by atoms with van der Waals surface area (Å²) in [5.74, 6) is 0.449. The molecule has 8 heteroatoms. The van der Waals surface area contributed by atoms with Crippen LogP contribution < -0.4 is 10.7 Å². The van der Waals surface area contributed by atoms with Gasteiger partial charge in [-0.25, -0.2) is 10.2 Å². The fraction of sp³-hybridized carbons (Fsp3) is 0.889. The van der Waals surface area contributed by atoms with E-state index in [9.17, 15) is 14.7 Å². The van der Waals surface area contributed by atoms with Crippen molar-refractivity contribution in [2.45, 2.75) is 81.2 Å². The van der Waals surface area contributed by atoms with Gasteiger partial charge in [-0.05, 0) is 43.8 Å². The molecular weight excluding hydrogens is 354 g/mol. The zero-order valence-corrected chi connectivity index (χ0v) is 16.0. The van der Waals surface area contributed by atoms with Gasteiger partial charge in [0, 0.05) is 18.2 Å². The van der Waals surface area contributed by atoms with Crippen molar-refractivity contribution in [3.8, 4) is 0 Å². The van der Waals surface area contributed by atoms with Crippen molar-refractivity contribution < 1.29 is 19.8 Å². The number of hydrazine groups is 1. The summed E-state index contributed by atoms with van der Waals surface area (Å²) in [6.45, 7) is 0.428. The topological polar surface area (TPSA) is 102 Å². The van der Waals surface area contributed by atoms with Crippen LogP contribution in [0.25, 0.3) is 0 Å². The Balaban J connectivity index is 1.42. The van der Waals surface area contributed by atoms with Gasteiger partial charge in [-0.3, -0.25) is 9.80 Å². The average molecular weight is 386 g/mol. The van der Waals surface area contributed by atoms with Crippen molar-refractivity contribution in [1.82, 2.24) is 15.8 Å². The molecule has 3 aliphatic rings. The molecule has 0 aromatic rings. The van der Waals surface area contributed by atoms with E-state index < -0.39 is 12.1 Å². The third kappa shape index (κ3) is 5.04. The number of carboxylic acid groups (broad SMARTS) is 1. The molecule has 2 aliphatic carbocycles. The van der Waals surface area contributed by atoms with E-state index in [1.54, 1.807) is 5.01 Å². The number of nitrogens with zero attached hydrogens (tertiary/aromatic N) is 1. The Morgan fingerprint density at radius 1 is 1.31 bits per heavy atom. The molecule has 0 aromatic carbocycles. The number of thioether (sulfide) groups is 1. The molecule has 2 saturated carbocycles. The minimum absolute atomic E-state index is 0.0924. The highest BCUT2D eigenvalue weighted by molar-refractivity contribution is 7.99. The van der Waals surface area contributed by atoms with Crippen LogP contribution in [0.3, 0.4) is 0 Å². The van der Waals surface area contributed by atoms with Crippen LogP contribution in [0.2, 0.25) is 0 Å². The minimum Gasteiger partial charge on any atom is -0.481 e. The lowest BCUT2D eigenvalue weighted by Gasteiger charge is -2.30. The number of fused-ring (bicyclic) bond motifs is 1. The Morgan fingerprint density at radius 2 is 2.08 bits per heavy atom. The highest BCUT2D eigenvalue weighted by Crippen LogP contribution is 2.36. The molecule has 0 aromatic heterocycles. The van der Waals surface area contributed by atoms with E-state index >= 15 is 0 Å². The highest BCUT2D eigenvalue weighted by atomic mass is 32.2. The first kappa shape index (κ1) is 19.8. The first-order chi connectivity index (χ1) is 12.5. The molecule has 4 N–H and O–H groups in total. The molecule has 1 saturated heterocycles. The van der Waals surface area contributed by atoms with Gasteiger partial charge in [0.2, 0.25) is 0 Å². The summed E-state index contributed by atoms with van der Waals surface area (Å²) in [6, 6.07) is 0.182. The number of aliphatic hydroxyl groups excluding tert-OH is 1. The quantitative estimate of drug-likeness (QED) is 0.453. The van der Waals surface area contributed by atoms with E-state index in [4.69, 9.17) is 5.11 Å². The van der Waals surface area contributed by atoms with Crippen LogP contribution in [0.15, 0.2) is 0 Å². The van der Waals surface area contributed by atoms with E-state index in [0.717, 1.165) is 31.4 Å². The van der Waals surface area contributed by atoms with Gasteiger partial charge in [0.1, 0.15) is 0 Å². The van der Waals surface area contributed by atoms with Crippen LogP contribution >= 0.6 is 11.8 Å². The summed E-state index contributed by atoms with van der Waals surface area (Å²) >= 11 is 1.81. The number of aliphatic hydroxyl groups is 1. The maximum Gasteiger partial charge on any atom is 0.332 e. The van der Waals surface area contributed by atoms with Crippen molar-refractivity contribution in [2.75, 3.05) is 12.3 Å². The van der Waals surface area contributed by atoms with Gasteiger partial charge in [-0.1, -0.05) is 19.3 Å². The predicted octanol–water partition coefficient (Wildman–Crippen LogP) is 1.96. The van der Waals surface area contributed by atoms with E-state index in [1.165, 1.54) is 19.3 Å². The summed E-state index contributed by atoms with van der Waals surface area (Å²) < 4.78 is 0.